The van der Waals surface area contributed by atoms with Crippen LogP contribution < -0.4 is 4.90 Å². The first-order valence-electron chi connectivity index (χ1n) is 8.56. The monoisotopic (exact) mass is 381 g/mol. The number of amides is 2. The molecule has 26 heavy (non-hydrogen) atoms. The Labute approximate surface area is 152 Å². The van der Waals surface area contributed by atoms with E-state index in [0.717, 1.165) is 6.41 Å². The van der Waals surface area contributed by atoms with Gasteiger partial charge in [-0.25, -0.2) is 18.4 Å². The Kier molecular flexibility index (Phi) is 5.12. The summed E-state index contributed by atoms with van der Waals surface area (Å²) in [7, 11) is -1.45. The third-order valence-electron chi connectivity index (χ3n) is 4.91. The molecule has 0 aliphatic carbocycles. The Bertz CT molecular complexity index is 805. The number of rotatable bonds is 4. The van der Waals surface area contributed by atoms with Crippen molar-refractivity contribution >= 4 is 28.0 Å². The molecule has 2 aliphatic rings. The smallest absolute Gasteiger partial charge is 0.272 e. The highest BCUT2D eigenvalue weighted by Gasteiger charge is 2.33. The molecule has 1 unspecified atom stereocenters. The fourth-order valence-corrected chi connectivity index (χ4v) is 5.08. The van der Waals surface area contributed by atoms with E-state index in [0.29, 0.717) is 44.2 Å². The van der Waals surface area contributed by atoms with E-state index in [1.807, 2.05) is 4.90 Å². The number of carbonyl (C=O) groups excluding carboxylic acids is 2. The van der Waals surface area contributed by atoms with Gasteiger partial charge in [-0.2, -0.15) is 0 Å². The Morgan fingerprint density at radius 3 is 2.54 bits per heavy atom. The van der Waals surface area contributed by atoms with Crippen LogP contribution in [-0.2, 0) is 14.6 Å². The molecule has 1 atom stereocenters. The van der Waals surface area contributed by atoms with Crippen molar-refractivity contribution in [1.29, 1.82) is 0 Å². The lowest BCUT2D eigenvalue weighted by Gasteiger charge is -2.33. The molecule has 10 heteroatoms. The molecule has 2 amide bonds. The Morgan fingerprint density at radius 1 is 1.27 bits per heavy atom. The van der Waals surface area contributed by atoms with Crippen molar-refractivity contribution in [1.82, 2.24) is 19.8 Å². The van der Waals surface area contributed by atoms with Crippen molar-refractivity contribution in [3.05, 3.63) is 17.6 Å². The van der Waals surface area contributed by atoms with Crippen LogP contribution in [0.15, 0.2) is 6.07 Å². The molecule has 0 radical (unpaired) electrons. The van der Waals surface area contributed by atoms with Gasteiger partial charge in [-0.15, -0.1) is 0 Å². The van der Waals surface area contributed by atoms with Gasteiger partial charge in [-0.1, -0.05) is 0 Å². The Balaban J connectivity index is 1.77. The summed E-state index contributed by atoms with van der Waals surface area (Å²) in [6, 6.07) is 1.33. The van der Waals surface area contributed by atoms with Gasteiger partial charge >= 0.3 is 0 Å². The predicted octanol–water partition coefficient (Wildman–Crippen LogP) is -0.677. The molecule has 1 aromatic heterocycles. The van der Waals surface area contributed by atoms with E-state index < -0.39 is 9.84 Å². The first-order valence-corrected chi connectivity index (χ1v) is 10.4. The maximum atomic E-state index is 12.8. The topological polar surface area (TPSA) is 104 Å². The highest BCUT2D eigenvalue weighted by Crippen LogP contribution is 2.20. The molecule has 3 heterocycles. The fraction of sp³-hybridized carbons (Fsp3) is 0.625. The second-order valence-electron chi connectivity index (χ2n) is 6.76. The number of aromatic nitrogens is 2. The van der Waals surface area contributed by atoms with Crippen LogP contribution in [0, 0.1) is 6.92 Å². The molecule has 2 saturated heterocycles. The minimum atomic E-state index is -3.07. The summed E-state index contributed by atoms with van der Waals surface area (Å²) < 4.78 is 23.3. The van der Waals surface area contributed by atoms with E-state index in [1.54, 1.807) is 24.9 Å². The minimum absolute atomic E-state index is 0.000181. The molecule has 142 valence electrons. The number of aryl methyl sites for hydroxylation is 1. The zero-order valence-electron chi connectivity index (χ0n) is 15.0. The first-order chi connectivity index (χ1) is 12.3. The molecule has 0 aromatic carbocycles. The Hall–Kier alpha value is -2.23. The summed E-state index contributed by atoms with van der Waals surface area (Å²) in [6.07, 6.45) is 1.29. The highest BCUT2D eigenvalue weighted by molar-refractivity contribution is 7.91. The van der Waals surface area contributed by atoms with E-state index in [9.17, 15) is 18.0 Å². The summed E-state index contributed by atoms with van der Waals surface area (Å²) in [5, 5.41) is 0. The summed E-state index contributed by atoms with van der Waals surface area (Å²) in [5.41, 5.74) is 0.261. The van der Waals surface area contributed by atoms with Gasteiger partial charge in [0.2, 0.25) is 6.41 Å². The summed E-state index contributed by atoms with van der Waals surface area (Å²) in [4.78, 5) is 37.5. The molecule has 3 rings (SSSR count). The minimum Gasteiger partial charge on any atom is -0.353 e. The molecule has 2 fully saturated rings. The van der Waals surface area contributed by atoms with Crippen molar-refractivity contribution in [2.75, 3.05) is 49.6 Å². The van der Waals surface area contributed by atoms with Gasteiger partial charge in [0.25, 0.3) is 5.91 Å². The van der Waals surface area contributed by atoms with E-state index in [2.05, 4.69) is 9.97 Å². The van der Waals surface area contributed by atoms with Crippen molar-refractivity contribution in [2.24, 2.45) is 0 Å². The summed E-state index contributed by atoms with van der Waals surface area (Å²) in [6.45, 7) is 4.21. The van der Waals surface area contributed by atoms with Crippen molar-refractivity contribution in [2.45, 2.75) is 19.4 Å². The van der Waals surface area contributed by atoms with E-state index in [4.69, 9.17) is 0 Å². The lowest BCUT2D eigenvalue weighted by Crippen LogP contribution is -2.46. The van der Waals surface area contributed by atoms with Gasteiger partial charge < -0.3 is 14.7 Å². The second-order valence-corrected chi connectivity index (χ2v) is 8.99. The van der Waals surface area contributed by atoms with Gasteiger partial charge in [0, 0.05) is 45.3 Å². The number of hydrogen-bond donors (Lipinski definition) is 0. The SMILES string of the molecule is Cc1nc(C(=O)N(C)C2CCS(=O)(=O)C2)cc(N2CCN(C=O)CC2)n1. The molecule has 9 nitrogen and oxygen atoms in total. The molecule has 0 N–H and O–H groups in total. The maximum Gasteiger partial charge on any atom is 0.272 e. The zero-order valence-corrected chi connectivity index (χ0v) is 15.8. The standard InChI is InChI=1S/C16H23N5O4S/c1-12-17-14(16(23)19(2)13-3-8-26(24,25)10-13)9-15(18-12)21-6-4-20(11-22)5-7-21/h9,11,13H,3-8,10H2,1-2H3. The number of carbonyl (C=O) groups is 2. The predicted molar refractivity (Wildman–Crippen MR) is 95.8 cm³/mol. The van der Waals surface area contributed by atoms with Crippen molar-refractivity contribution in [3.63, 3.8) is 0 Å². The van der Waals surface area contributed by atoms with Crippen molar-refractivity contribution < 1.29 is 18.0 Å². The van der Waals surface area contributed by atoms with Crippen molar-refractivity contribution in [3.8, 4) is 0 Å². The lowest BCUT2D eigenvalue weighted by atomic mass is 10.2. The second kappa shape index (κ2) is 7.18. The number of hydrogen-bond acceptors (Lipinski definition) is 7. The first kappa shape index (κ1) is 18.6. The molecule has 1 aromatic rings. The van der Waals surface area contributed by atoms with Gasteiger partial charge in [-0.05, 0) is 13.3 Å². The van der Waals surface area contributed by atoms with Gasteiger partial charge in [0.15, 0.2) is 9.84 Å². The van der Waals surface area contributed by atoms with Crippen LogP contribution in [0.25, 0.3) is 0 Å². The summed E-state index contributed by atoms with van der Waals surface area (Å²) >= 11 is 0. The fourth-order valence-electron chi connectivity index (χ4n) is 3.31. The third-order valence-corrected chi connectivity index (χ3v) is 6.66. The maximum absolute atomic E-state index is 12.8. The summed E-state index contributed by atoms with van der Waals surface area (Å²) in [5.74, 6) is 0.949. The van der Waals surface area contributed by atoms with Gasteiger partial charge in [0.1, 0.15) is 17.3 Å². The van der Waals surface area contributed by atoms with E-state index in [1.165, 1.54) is 4.90 Å². The van der Waals surface area contributed by atoms with Gasteiger partial charge in [-0.3, -0.25) is 9.59 Å². The van der Waals surface area contributed by atoms with Crippen LogP contribution in [0.2, 0.25) is 0 Å². The molecular weight excluding hydrogens is 358 g/mol. The average Bonchev–Trinajstić information content (AvgIpc) is 3.00. The van der Waals surface area contributed by atoms with E-state index in [-0.39, 0.29) is 29.1 Å². The van der Waals surface area contributed by atoms with Crippen LogP contribution in [-0.4, -0.2) is 91.3 Å². The number of piperazine rings is 1. The Morgan fingerprint density at radius 2 is 1.96 bits per heavy atom. The number of sulfone groups is 1. The largest absolute Gasteiger partial charge is 0.353 e. The third kappa shape index (κ3) is 3.95. The molecule has 0 spiro atoms. The molecule has 0 saturated carbocycles. The number of nitrogens with zero attached hydrogens (tertiary/aromatic N) is 5. The van der Waals surface area contributed by atoms with Crippen LogP contribution in [0.3, 0.4) is 0 Å². The normalized spacial score (nSPS) is 22.3. The van der Waals surface area contributed by atoms with E-state index >= 15 is 0 Å². The average molecular weight is 381 g/mol. The zero-order chi connectivity index (χ0) is 18.9. The molecular formula is C16H23N5O4S. The lowest BCUT2D eigenvalue weighted by molar-refractivity contribution is -0.118. The van der Waals surface area contributed by atoms with Crippen LogP contribution in [0.5, 0.6) is 0 Å². The van der Waals surface area contributed by atoms with Crippen LogP contribution in [0.1, 0.15) is 22.7 Å². The molecule has 0 bridgehead atoms. The number of anilines is 1. The van der Waals surface area contributed by atoms with Crippen LogP contribution >= 0.6 is 0 Å². The highest BCUT2D eigenvalue weighted by atomic mass is 32.2. The van der Waals surface area contributed by atoms with Crippen LogP contribution in [0.4, 0.5) is 5.82 Å². The van der Waals surface area contributed by atoms with Gasteiger partial charge in [0.05, 0.1) is 11.5 Å². The molecule has 2 aliphatic heterocycles. The quantitative estimate of drug-likeness (QED) is 0.637.